The van der Waals surface area contributed by atoms with E-state index in [9.17, 15) is 9.59 Å². The quantitative estimate of drug-likeness (QED) is 0.582. The summed E-state index contributed by atoms with van der Waals surface area (Å²) in [6.07, 6.45) is 4.74. The molecule has 6 heteroatoms. The number of carbonyl (C=O) groups excluding carboxylic acids is 2. The predicted molar refractivity (Wildman–Crippen MR) is 117 cm³/mol. The van der Waals surface area contributed by atoms with Gasteiger partial charge in [-0.2, -0.15) is 5.10 Å². The van der Waals surface area contributed by atoms with Crippen molar-refractivity contribution in [2.45, 2.75) is 43.4 Å². The zero-order valence-corrected chi connectivity index (χ0v) is 17.3. The lowest BCUT2D eigenvalue weighted by Gasteiger charge is -2.39. The highest BCUT2D eigenvalue weighted by Gasteiger charge is 2.47. The first-order chi connectivity index (χ1) is 15.2. The van der Waals surface area contributed by atoms with Crippen LogP contribution in [0.15, 0.2) is 66.7 Å². The molecule has 1 amide bonds. The van der Waals surface area contributed by atoms with Gasteiger partial charge in [0.15, 0.2) is 6.61 Å². The molecule has 2 aliphatic rings. The smallest absolute Gasteiger partial charge is 0.317 e. The number of hydrogen-bond acceptors (Lipinski definition) is 4. The van der Waals surface area contributed by atoms with Crippen molar-refractivity contribution >= 4 is 17.7 Å². The van der Waals surface area contributed by atoms with Gasteiger partial charge < -0.3 is 10.1 Å². The van der Waals surface area contributed by atoms with Crippen LogP contribution < -0.4 is 5.32 Å². The normalized spacial score (nSPS) is 16.9. The zero-order chi connectivity index (χ0) is 21.3. The van der Waals surface area contributed by atoms with Crippen LogP contribution in [0.1, 0.15) is 49.3 Å². The highest BCUT2D eigenvalue weighted by Crippen LogP contribution is 2.44. The van der Waals surface area contributed by atoms with E-state index in [2.05, 4.69) is 10.4 Å². The third-order valence-corrected chi connectivity index (χ3v) is 6.25. The number of benzene rings is 2. The van der Waals surface area contributed by atoms with Crippen LogP contribution in [0.3, 0.4) is 0 Å². The van der Waals surface area contributed by atoms with Crippen molar-refractivity contribution in [2.24, 2.45) is 0 Å². The molecular weight excluding hydrogens is 390 g/mol. The standard InChI is InChI=1S/C25H25N3O3/c29-23(17-31-24(30)25(14-7-15-25)19-8-3-1-4-9-19)26-22-16-21(18-12-13-18)27-28(22)20-10-5-2-6-11-20/h1-6,8-11,16,18H,7,12-15,17H2,(H,26,29). The SMILES string of the molecule is O=C(COC(=O)C1(c2ccccc2)CCC1)Nc1cc(C2CC2)nn1-c1ccccc1. The first kappa shape index (κ1) is 19.5. The van der Waals surface area contributed by atoms with Gasteiger partial charge in [-0.25, -0.2) is 4.68 Å². The van der Waals surface area contributed by atoms with Crippen molar-refractivity contribution in [3.63, 3.8) is 0 Å². The third kappa shape index (κ3) is 3.85. The van der Waals surface area contributed by atoms with E-state index < -0.39 is 5.41 Å². The number of esters is 1. The number of aromatic nitrogens is 2. The Labute approximate surface area is 181 Å². The molecule has 1 aromatic heterocycles. The molecule has 3 aromatic rings. The average molecular weight is 415 g/mol. The maximum absolute atomic E-state index is 12.9. The Morgan fingerprint density at radius 1 is 1.03 bits per heavy atom. The summed E-state index contributed by atoms with van der Waals surface area (Å²) in [4.78, 5) is 25.5. The summed E-state index contributed by atoms with van der Waals surface area (Å²) in [7, 11) is 0. The van der Waals surface area contributed by atoms with Gasteiger partial charge in [-0.05, 0) is 43.4 Å². The van der Waals surface area contributed by atoms with Crippen LogP contribution in [0.5, 0.6) is 0 Å². The van der Waals surface area contributed by atoms with Gasteiger partial charge in [-0.15, -0.1) is 0 Å². The Morgan fingerprint density at radius 2 is 1.71 bits per heavy atom. The second-order valence-corrected chi connectivity index (χ2v) is 8.40. The number of nitrogens with one attached hydrogen (secondary N) is 1. The van der Waals surface area contributed by atoms with Crippen molar-refractivity contribution in [1.82, 2.24) is 9.78 Å². The Kier molecular flexibility index (Phi) is 5.06. The number of carbonyl (C=O) groups is 2. The third-order valence-electron chi connectivity index (χ3n) is 6.25. The predicted octanol–water partition coefficient (Wildman–Crippen LogP) is 4.35. The topological polar surface area (TPSA) is 73.2 Å². The minimum absolute atomic E-state index is 0.313. The fraction of sp³-hybridized carbons (Fsp3) is 0.320. The highest BCUT2D eigenvalue weighted by atomic mass is 16.5. The molecule has 0 aliphatic heterocycles. The van der Waals surface area contributed by atoms with E-state index >= 15 is 0 Å². The maximum atomic E-state index is 12.9. The molecule has 0 unspecified atom stereocenters. The van der Waals surface area contributed by atoms with E-state index in [-0.39, 0.29) is 18.5 Å². The Morgan fingerprint density at radius 3 is 2.32 bits per heavy atom. The van der Waals surface area contributed by atoms with Gasteiger partial charge in [0.2, 0.25) is 0 Å². The van der Waals surface area contributed by atoms with Gasteiger partial charge in [0.05, 0.1) is 16.8 Å². The number of para-hydroxylation sites is 1. The van der Waals surface area contributed by atoms with E-state index in [1.165, 1.54) is 0 Å². The number of rotatable bonds is 7. The molecule has 2 aromatic carbocycles. The molecule has 0 atom stereocenters. The van der Waals surface area contributed by atoms with Gasteiger partial charge in [-0.1, -0.05) is 55.0 Å². The van der Waals surface area contributed by atoms with Gasteiger partial charge in [-0.3, -0.25) is 9.59 Å². The summed E-state index contributed by atoms with van der Waals surface area (Å²) in [6.45, 7) is -0.313. The van der Waals surface area contributed by atoms with Gasteiger partial charge in [0.1, 0.15) is 5.82 Å². The molecule has 1 N–H and O–H groups in total. The summed E-state index contributed by atoms with van der Waals surface area (Å²) < 4.78 is 7.21. The molecule has 158 valence electrons. The molecule has 6 nitrogen and oxygen atoms in total. The Bertz CT molecular complexity index is 1080. The van der Waals surface area contributed by atoms with Crippen molar-refractivity contribution in [3.8, 4) is 5.69 Å². The summed E-state index contributed by atoms with van der Waals surface area (Å²) in [5, 5.41) is 7.57. The molecule has 1 heterocycles. The largest absolute Gasteiger partial charge is 0.455 e. The Hall–Kier alpha value is -3.41. The van der Waals surface area contributed by atoms with Crippen molar-refractivity contribution in [3.05, 3.63) is 78.0 Å². The number of anilines is 1. The number of ether oxygens (including phenoxy) is 1. The minimum Gasteiger partial charge on any atom is -0.455 e. The number of hydrogen-bond donors (Lipinski definition) is 1. The summed E-state index contributed by atoms with van der Waals surface area (Å²) in [5.74, 6) is 0.365. The van der Waals surface area contributed by atoms with Crippen molar-refractivity contribution in [2.75, 3.05) is 11.9 Å². The second-order valence-electron chi connectivity index (χ2n) is 8.40. The van der Waals surface area contributed by atoms with Crippen LogP contribution in [0, 0.1) is 0 Å². The highest BCUT2D eigenvalue weighted by molar-refractivity contribution is 5.93. The molecule has 0 bridgehead atoms. The Balaban J connectivity index is 1.27. The van der Waals surface area contributed by atoms with Crippen LogP contribution in [-0.4, -0.2) is 28.3 Å². The van der Waals surface area contributed by atoms with E-state index in [1.807, 2.05) is 66.7 Å². The van der Waals surface area contributed by atoms with E-state index in [4.69, 9.17) is 4.74 Å². The molecule has 5 rings (SSSR count). The van der Waals surface area contributed by atoms with Crippen LogP contribution in [0.4, 0.5) is 5.82 Å². The molecule has 0 saturated heterocycles. The van der Waals surface area contributed by atoms with Crippen LogP contribution in [0.2, 0.25) is 0 Å². The molecule has 2 saturated carbocycles. The monoisotopic (exact) mass is 415 g/mol. The molecule has 31 heavy (non-hydrogen) atoms. The first-order valence-electron chi connectivity index (χ1n) is 10.8. The van der Waals surface area contributed by atoms with Gasteiger partial charge >= 0.3 is 5.97 Å². The fourth-order valence-electron chi connectivity index (χ4n) is 4.18. The first-order valence-corrected chi connectivity index (χ1v) is 10.8. The van der Waals surface area contributed by atoms with Crippen LogP contribution in [-0.2, 0) is 19.7 Å². The minimum atomic E-state index is -0.619. The lowest BCUT2D eigenvalue weighted by molar-refractivity contribution is -0.156. The molecule has 2 fully saturated rings. The lowest BCUT2D eigenvalue weighted by atomic mass is 9.64. The summed E-state index contributed by atoms with van der Waals surface area (Å²) >= 11 is 0. The molecular formula is C25H25N3O3. The molecule has 2 aliphatic carbocycles. The van der Waals surface area contributed by atoms with Crippen LogP contribution in [0.25, 0.3) is 5.69 Å². The molecule has 0 radical (unpaired) electrons. The van der Waals surface area contributed by atoms with Crippen molar-refractivity contribution in [1.29, 1.82) is 0 Å². The van der Waals surface area contributed by atoms with Gasteiger partial charge in [0, 0.05) is 12.0 Å². The fourth-order valence-corrected chi connectivity index (χ4v) is 4.18. The second kappa shape index (κ2) is 8.02. The number of amides is 1. The van der Waals surface area contributed by atoms with Crippen molar-refractivity contribution < 1.29 is 14.3 Å². The number of nitrogens with zero attached hydrogens (tertiary/aromatic N) is 2. The molecule has 0 spiro atoms. The van der Waals surface area contributed by atoms with E-state index in [1.54, 1.807) is 4.68 Å². The summed E-state index contributed by atoms with van der Waals surface area (Å²) in [6, 6.07) is 21.3. The van der Waals surface area contributed by atoms with Gasteiger partial charge in [0.25, 0.3) is 5.91 Å². The van der Waals surface area contributed by atoms with E-state index in [0.717, 1.165) is 49.0 Å². The average Bonchev–Trinajstić information content (AvgIpc) is 3.54. The maximum Gasteiger partial charge on any atom is 0.317 e. The lowest BCUT2D eigenvalue weighted by Crippen LogP contribution is -2.44. The summed E-state index contributed by atoms with van der Waals surface area (Å²) in [5.41, 5.74) is 2.20. The van der Waals surface area contributed by atoms with Crippen LogP contribution >= 0.6 is 0 Å². The van der Waals surface area contributed by atoms with E-state index in [0.29, 0.717) is 11.7 Å². The zero-order valence-electron chi connectivity index (χ0n) is 17.3.